The molecule has 0 amide bonds. The smallest absolute Gasteiger partial charge is 0.285 e. The van der Waals surface area contributed by atoms with Crippen LogP contribution in [0.1, 0.15) is 34.6 Å². The van der Waals surface area contributed by atoms with Crippen molar-refractivity contribution in [3.63, 3.8) is 0 Å². The van der Waals surface area contributed by atoms with Crippen molar-refractivity contribution in [1.82, 2.24) is 0 Å². The van der Waals surface area contributed by atoms with E-state index in [1.54, 1.807) is 13.6 Å². The molecule has 4 nitrogen and oxygen atoms in total. The summed E-state index contributed by atoms with van der Waals surface area (Å²) in [5, 5.41) is 0. The Bertz CT molecular complexity index is 263. The van der Waals surface area contributed by atoms with Crippen LogP contribution in [0.25, 0.3) is 0 Å². The van der Waals surface area contributed by atoms with Crippen molar-refractivity contribution < 1.29 is 14.1 Å². The Labute approximate surface area is 109 Å². The summed E-state index contributed by atoms with van der Waals surface area (Å²) >= 11 is 1.33. The number of hydrogen-bond acceptors (Lipinski definition) is 5. The first-order chi connectivity index (χ1) is 7.72. The van der Waals surface area contributed by atoms with E-state index in [1.165, 1.54) is 11.4 Å². The summed E-state index contributed by atoms with van der Waals surface area (Å²) < 4.78 is 17.1. The first kappa shape index (κ1) is 17.5. The quantitative estimate of drug-likeness (QED) is 0.419. The molecule has 6 heteroatoms. The SMILES string of the molecule is CCOOP(C)(=O)SC(CN)(C(C)C)C(C)C. The van der Waals surface area contributed by atoms with Crippen molar-refractivity contribution in [1.29, 1.82) is 0 Å². The van der Waals surface area contributed by atoms with Gasteiger partial charge in [-0.15, -0.1) is 0 Å². The minimum Gasteiger partial charge on any atom is -0.329 e. The van der Waals surface area contributed by atoms with Crippen LogP contribution < -0.4 is 5.73 Å². The van der Waals surface area contributed by atoms with E-state index in [4.69, 9.17) is 15.3 Å². The molecule has 17 heavy (non-hydrogen) atoms. The third kappa shape index (κ3) is 4.92. The molecule has 104 valence electrons. The molecule has 1 atom stereocenters. The van der Waals surface area contributed by atoms with E-state index >= 15 is 0 Å². The minimum atomic E-state index is -2.84. The molecule has 0 aliphatic carbocycles. The largest absolute Gasteiger partial charge is 0.329 e. The first-order valence-corrected chi connectivity index (χ1v) is 9.50. The monoisotopic (exact) mass is 283 g/mol. The molecule has 0 saturated heterocycles. The zero-order valence-electron chi connectivity index (χ0n) is 11.7. The summed E-state index contributed by atoms with van der Waals surface area (Å²) in [6, 6.07) is 0. The summed E-state index contributed by atoms with van der Waals surface area (Å²) in [7, 11) is 0. The van der Waals surface area contributed by atoms with Crippen LogP contribution in [0.15, 0.2) is 0 Å². The molecule has 2 N–H and O–H groups in total. The van der Waals surface area contributed by atoms with Gasteiger partial charge in [-0.1, -0.05) is 39.1 Å². The lowest BCUT2D eigenvalue weighted by Gasteiger charge is -2.40. The lowest BCUT2D eigenvalue weighted by Crippen LogP contribution is -2.44. The minimum absolute atomic E-state index is 0.249. The Hall–Kier alpha value is 0.460. The molecule has 0 rings (SSSR count). The van der Waals surface area contributed by atoms with Gasteiger partial charge in [-0.3, -0.25) is 4.57 Å². The summed E-state index contributed by atoms with van der Waals surface area (Å²) in [4.78, 5) is 4.82. The molecule has 0 heterocycles. The highest BCUT2D eigenvalue weighted by Gasteiger charge is 2.42. The van der Waals surface area contributed by atoms with E-state index in [2.05, 4.69) is 27.7 Å². The van der Waals surface area contributed by atoms with Crippen LogP contribution in [0, 0.1) is 11.8 Å². The highest BCUT2D eigenvalue weighted by atomic mass is 32.7. The fraction of sp³-hybridized carbons (Fsp3) is 1.00. The zero-order valence-corrected chi connectivity index (χ0v) is 13.4. The highest BCUT2D eigenvalue weighted by molar-refractivity contribution is 8.57. The van der Waals surface area contributed by atoms with E-state index in [0.717, 1.165) is 0 Å². The third-order valence-electron chi connectivity index (χ3n) is 2.92. The van der Waals surface area contributed by atoms with Crippen LogP contribution in [0.2, 0.25) is 0 Å². The fourth-order valence-corrected chi connectivity index (χ4v) is 6.86. The third-order valence-corrected chi connectivity index (χ3v) is 7.27. The number of hydrogen-bond donors (Lipinski definition) is 1. The van der Waals surface area contributed by atoms with Gasteiger partial charge < -0.3 is 5.73 Å². The van der Waals surface area contributed by atoms with E-state index in [1.807, 2.05) is 0 Å². The van der Waals surface area contributed by atoms with Gasteiger partial charge in [-0.2, -0.15) is 4.67 Å². The van der Waals surface area contributed by atoms with Crippen molar-refractivity contribution in [2.45, 2.75) is 39.4 Å². The van der Waals surface area contributed by atoms with Gasteiger partial charge in [-0.05, 0) is 18.8 Å². The van der Waals surface area contributed by atoms with Crippen molar-refractivity contribution in [2.75, 3.05) is 19.8 Å². The molecular weight excluding hydrogens is 257 g/mol. The van der Waals surface area contributed by atoms with Gasteiger partial charge in [0, 0.05) is 18.0 Å². The molecule has 0 aliphatic rings. The van der Waals surface area contributed by atoms with Gasteiger partial charge in [0.15, 0.2) is 0 Å². The number of rotatable bonds is 8. The van der Waals surface area contributed by atoms with Crippen molar-refractivity contribution in [3.05, 3.63) is 0 Å². The topological polar surface area (TPSA) is 61.5 Å². The second-order valence-corrected chi connectivity index (χ2v) is 9.98. The molecule has 0 spiro atoms. The van der Waals surface area contributed by atoms with Crippen LogP contribution in [0.4, 0.5) is 0 Å². The molecule has 0 aliphatic heterocycles. The second kappa shape index (κ2) is 7.15. The predicted molar refractivity (Wildman–Crippen MR) is 75.3 cm³/mol. The van der Waals surface area contributed by atoms with Crippen molar-refractivity contribution in [2.24, 2.45) is 17.6 Å². The molecular formula is C11H26NO3PS. The maximum Gasteiger partial charge on any atom is 0.285 e. The molecule has 0 bridgehead atoms. The first-order valence-electron chi connectivity index (χ1n) is 6.01. The summed E-state index contributed by atoms with van der Waals surface area (Å²) in [6.07, 6.45) is 0. The van der Waals surface area contributed by atoms with Gasteiger partial charge >= 0.3 is 0 Å². The maximum absolute atomic E-state index is 12.3. The van der Waals surface area contributed by atoms with Crippen LogP contribution in [-0.4, -0.2) is 24.6 Å². The fourth-order valence-electron chi connectivity index (χ4n) is 1.86. The normalized spacial score (nSPS) is 16.5. The Morgan fingerprint density at radius 1 is 1.29 bits per heavy atom. The van der Waals surface area contributed by atoms with E-state index in [9.17, 15) is 4.57 Å². The summed E-state index contributed by atoms with van der Waals surface area (Å²) in [5.74, 6) is 0.631. The van der Waals surface area contributed by atoms with Gasteiger partial charge in [-0.25, -0.2) is 4.89 Å². The average molecular weight is 283 g/mol. The van der Waals surface area contributed by atoms with E-state index in [-0.39, 0.29) is 4.75 Å². The van der Waals surface area contributed by atoms with Crippen LogP contribution in [-0.2, 0) is 14.1 Å². The van der Waals surface area contributed by atoms with E-state index < -0.39 is 6.57 Å². The molecule has 0 fully saturated rings. The van der Waals surface area contributed by atoms with Gasteiger partial charge in [0.25, 0.3) is 6.57 Å². The van der Waals surface area contributed by atoms with Gasteiger partial charge in [0.05, 0.1) is 6.61 Å². The van der Waals surface area contributed by atoms with E-state index in [0.29, 0.717) is 25.0 Å². The molecule has 0 aromatic heterocycles. The summed E-state index contributed by atoms with van der Waals surface area (Å²) in [6.45, 7) is 9.79. The Morgan fingerprint density at radius 3 is 2.06 bits per heavy atom. The second-order valence-electron chi connectivity index (χ2n) is 4.81. The molecule has 0 radical (unpaired) electrons. The van der Waals surface area contributed by atoms with Gasteiger partial charge in [0.2, 0.25) is 0 Å². The predicted octanol–water partition coefficient (Wildman–Crippen LogP) is 3.52. The highest BCUT2D eigenvalue weighted by Crippen LogP contribution is 2.64. The Morgan fingerprint density at radius 2 is 1.76 bits per heavy atom. The lowest BCUT2D eigenvalue weighted by atomic mass is 9.84. The molecule has 0 aromatic rings. The van der Waals surface area contributed by atoms with Crippen LogP contribution in [0.3, 0.4) is 0 Å². The van der Waals surface area contributed by atoms with Crippen molar-refractivity contribution >= 4 is 18.0 Å². The Balaban J connectivity index is 4.92. The zero-order chi connectivity index (χ0) is 13.7. The van der Waals surface area contributed by atoms with Crippen LogP contribution in [0.5, 0.6) is 0 Å². The number of nitrogens with two attached hydrogens (primary N) is 1. The molecule has 1 unspecified atom stereocenters. The maximum atomic E-state index is 12.3. The standard InChI is InChI=1S/C11H26NO3PS/c1-7-14-15-16(6,13)17-11(8-12,9(2)3)10(4)5/h9-10H,7-8,12H2,1-6H3. The Kier molecular flexibility index (Phi) is 7.34. The van der Waals surface area contributed by atoms with Gasteiger partial charge in [0.1, 0.15) is 0 Å². The van der Waals surface area contributed by atoms with Crippen LogP contribution >= 0.6 is 18.0 Å². The summed E-state index contributed by atoms with van der Waals surface area (Å²) in [5.41, 5.74) is 5.91. The molecule has 0 saturated carbocycles. The molecule has 0 aromatic carbocycles. The van der Waals surface area contributed by atoms with Crippen molar-refractivity contribution in [3.8, 4) is 0 Å². The lowest BCUT2D eigenvalue weighted by molar-refractivity contribution is -0.197. The average Bonchev–Trinajstić information content (AvgIpc) is 2.22.